The van der Waals surface area contributed by atoms with E-state index in [9.17, 15) is 14.7 Å². The molecule has 0 saturated carbocycles. The van der Waals surface area contributed by atoms with Crippen molar-refractivity contribution in [3.05, 3.63) is 23.5 Å². The van der Waals surface area contributed by atoms with Gasteiger partial charge in [-0.1, -0.05) is 13.8 Å². The zero-order valence-corrected chi connectivity index (χ0v) is 12.9. The zero-order chi connectivity index (χ0) is 15.4. The number of carboxylic acids is 1. The topological polar surface area (TPSA) is 62.5 Å². The highest BCUT2D eigenvalue weighted by Gasteiger charge is 2.22. The summed E-state index contributed by atoms with van der Waals surface area (Å²) >= 11 is 0. The van der Waals surface area contributed by atoms with Crippen molar-refractivity contribution in [3.8, 4) is 0 Å². The third-order valence-corrected chi connectivity index (χ3v) is 3.19. The minimum atomic E-state index is -0.995. The Morgan fingerprint density at radius 1 is 1.35 bits per heavy atom. The van der Waals surface area contributed by atoms with Gasteiger partial charge in [0, 0.05) is 24.3 Å². The van der Waals surface area contributed by atoms with Crippen LogP contribution in [0.3, 0.4) is 0 Å². The number of Topliss-reactive ketones (excluding diaryl/α,β-unsaturated/α-hetero) is 1. The smallest absolute Gasteiger partial charge is 0.352 e. The van der Waals surface area contributed by atoms with Crippen LogP contribution in [0.25, 0.3) is 0 Å². The molecule has 0 aliphatic rings. The summed E-state index contributed by atoms with van der Waals surface area (Å²) in [7, 11) is 3.92. The van der Waals surface area contributed by atoms with E-state index in [1.807, 2.05) is 19.0 Å². The summed E-state index contributed by atoms with van der Waals surface area (Å²) in [6.07, 6.45) is 2.53. The van der Waals surface area contributed by atoms with E-state index in [1.54, 1.807) is 10.8 Å². The SMILES string of the molecule is CC(=O)c1cc(C(=O)O)n(C(CC(C)C)CN(C)C)c1. The van der Waals surface area contributed by atoms with E-state index in [1.165, 1.54) is 13.0 Å². The lowest BCUT2D eigenvalue weighted by atomic mass is 10.0. The van der Waals surface area contributed by atoms with Crippen LogP contribution in [0.15, 0.2) is 12.3 Å². The molecule has 1 heterocycles. The number of likely N-dealkylation sites (N-methyl/N-ethyl adjacent to an activating group) is 1. The van der Waals surface area contributed by atoms with Gasteiger partial charge in [-0.25, -0.2) is 4.79 Å². The first-order valence-electron chi connectivity index (χ1n) is 6.83. The second-order valence-electron chi connectivity index (χ2n) is 5.93. The molecule has 1 atom stereocenters. The fourth-order valence-electron chi connectivity index (χ4n) is 2.39. The lowest BCUT2D eigenvalue weighted by molar-refractivity contribution is 0.0680. The summed E-state index contributed by atoms with van der Waals surface area (Å²) in [6.45, 7) is 6.41. The average molecular weight is 280 g/mol. The van der Waals surface area contributed by atoms with E-state index in [2.05, 4.69) is 13.8 Å². The van der Waals surface area contributed by atoms with Crippen LogP contribution in [-0.2, 0) is 0 Å². The first kappa shape index (κ1) is 16.4. The molecular weight excluding hydrogens is 256 g/mol. The highest BCUT2D eigenvalue weighted by Crippen LogP contribution is 2.23. The molecule has 0 aliphatic carbocycles. The van der Waals surface area contributed by atoms with E-state index < -0.39 is 5.97 Å². The molecule has 5 heteroatoms. The fraction of sp³-hybridized carbons (Fsp3) is 0.600. The van der Waals surface area contributed by atoms with Gasteiger partial charge in [0.05, 0.1) is 0 Å². The van der Waals surface area contributed by atoms with Crippen LogP contribution in [0, 0.1) is 5.92 Å². The number of carbonyl (C=O) groups is 2. The summed E-state index contributed by atoms with van der Waals surface area (Å²) in [6, 6.07) is 1.51. The van der Waals surface area contributed by atoms with Crippen LogP contribution in [-0.4, -0.2) is 47.0 Å². The first-order valence-corrected chi connectivity index (χ1v) is 6.83. The van der Waals surface area contributed by atoms with Crippen molar-refractivity contribution < 1.29 is 14.7 Å². The summed E-state index contributed by atoms with van der Waals surface area (Å²) in [5.74, 6) is -0.658. The van der Waals surface area contributed by atoms with Gasteiger partial charge in [0.2, 0.25) is 0 Å². The number of hydrogen-bond donors (Lipinski definition) is 1. The Bertz CT molecular complexity index is 479. The molecule has 1 aromatic rings. The fourth-order valence-corrected chi connectivity index (χ4v) is 2.39. The molecule has 0 spiro atoms. The van der Waals surface area contributed by atoms with Crippen molar-refractivity contribution in [1.29, 1.82) is 0 Å². The molecule has 0 amide bonds. The van der Waals surface area contributed by atoms with Crippen molar-refractivity contribution in [2.75, 3.05) is 20.6 Å². The molecule has 1 unspecified atom stereocenters. The average Bonchev–Trinajstić information content (AvgIpc) is 2.71. The van der Waals surface area contributed by atoms with E-state index >= 15 is 0 Å². The third-order valence-electron chi connectivity index (χ3n) is 3.19. The second-order valence-corrected chi connectivity index (χ2v) is 5.93. The molecule has 1 rings (SSSR count). The van der Waals surface area contributed by atoms with Gasteiger partial charge in [0.15, 0.2) is 5.78 Å². The normalized spacial score (nSPS) is 12.9. The summed E-state index contributed by atoms with van der Waals surface area (Å²) in [5, 5.41) is 9.33. The molecule has 1 aromatic heterocycles. The molecule has 0 aliphatic heterocycles. The van der Waals surface area contributed by atoms with Crippen molar-refractivity contribution in [2.45, 2.75) is 33.2 Å². The maximum Gasteiger partial charge on any atom is 0.352 e. The van der Waals surface area contributed by atoms with Crippen molar-refractivity contribution in [3.63, 3.8) is 0 Å². The number of carboxylic acid groups (broad SMARTS) is 1. The van der Waals surface area contributed by atoms with Crippen molar-refractivity contribution in [2.24, 2.45) is 5.92 Å². The van der Waals surface area contributed by atoms with Crippen molar-refractivity contribution >= 4 is 11.8 Å². The molecule has 112 valence electrons. The van der Waals surface area contributed by atoms with Crippen LogP contribution in [0.5, 0.6) is 0 Å². The van der Waals surface area contributed by atoms with Crippen LogP contribution < -0.4 is 0 Å². The van der Waals surface area contributed by atoms with Gasteiger partial charge in [0.1, 0.15) is 5.69 Å². The van der Waals surface area contributed by atoms with Crippen LogP contribution in [0.1, 0.15) is 54.1 Å². The Kier molecular flexibility index (Phi) is 5.51. The number of nitrogens with zero attached hydrogens (tertiary/aromatic N) is 2. The minimum absolute atomic E-state index is 0.0456. The van der Waals surface area contributed by atoms with Gasteiger partial charge in [-0.3, -0.25) is 4.79 Å². The monoisotopic (exact) mass is 280 g/mol. The summed E-state index contributed by atoms with van der Waals surface area (Å²) < 4.78 is 1.74. The molecule has 20 heavy (non-hydrogen) atoms. The number of hydrogen-bond acceptors (Lipinski definition) is 3. The Labute approximate surface area is 120 Å². The van der Waals surface area contributed by atoms with Gasteiger partial charge in [-0.05, 0) is 39.4 Å². The second kappa shape index (κ2) is 6.70. The molecule has 0 aromatic carbocycles. The summed E-state index contributed by atoms with van der Waals surface area (Å²) in [4.78, 5) is 24.9. The number of rotatable bonds is 7. The van der Waals surface area contributed by atoms with Gasteiger partial charge in [-0.2, -0.15) is 0 Å². The number of carbonyl (C=O) groups excluding carboxylic acids is 1. The lowest BCUT2D eigenvalue weighted by Gasteiger charge is -2.25. The van der Waals surface area contributed by atoms with Gasteiger partial charge in [0.25, 0.3) is 0 Å². The number of aromatic carboxylic acids is 1. The quantitative estimate of drug-likeness (QED) is 0.780. The number of aromatic nitrogens is 1. The van der Waals surface area contributed by atoms with E-state index in [0.29, 0.717) is 11.5 Å². The van der Waals surface area contributed by atoms with Gasteiger partial charge >= 0.3 is 5.97 Å². The molecule has 5 nitrogen and oxygen atoms in total. The van der Waals surface area contributed by atoms with E-state index in [4.69, 9.17) is 0 Å². The Hall–Kier alpha value is -1.62. The molecule has 1 N–H and O–H groups in total. The molecule has 0 saturated heterocycles. The molecule has 0 fully saturated rings. The third kappa shape index (κ3) is 4.20. The molecule has 0 radical (unpaired) electrons. The Balaban J connectivity index is 3.22. The number of ketones is 1. The van der Waals surface area contributed by atoms with Crippen LogP contribution in [0.4, 0.5) is 0 Å². The Morgan fingerprint density at radius 2 is 1.95 bits per heavy atom. The summed E-state index contributed by atoms with van der Waals surface area (Å²) in [5.41, 5.74) is 0.637. The Morgan fingerprint density at radius 3 is 2.35 bits per heavy atom. The standard InChI is InChI=1S/C15H24N2O3/c1-10(2)6-13(9-16(4)5)17-8-12(11(3)18)7-14(17)15(19)20/h7-8,10,13H,6,9H2,1-5H3,(H,19,20). The minimum Gasteiger partial charge on any atom is -0.477 e. The largest absolute Gasteiger partial charge is 0.477 e. The maximum absolute atomic E-state index is 11.5. The highest BCUT2D eigenvalue weighted by atomic mass is 16.4. The highest BCUT2D eigenvalue weighted by molar-refractivity contribution is 5.97. The maximum atomic E-state index is 11.5. The van der Waals surface area contributed by atoms with E-state index in [0.717, 1.165) is 13.0 Å². The first-order chi connectivity index (χ1) is 9.22. The lowest BCUT2D eigenvalue weighted by Crippen LogP contribution is -2.27. The molecular formula is C15H24N2O3. The van der Waals surface area contributed by atoms with Crippen LogP contribution >= 0.6 is 0 Å². The zero-order valence-electron chi connectivity index (χ0n) is 12.9. The predicted molar refractivity (Wildman–Crippen MR) is 78.4 cm³/mol. The van der Waals surface area contributed by atoms with Crippen molar-refractivity contribution in [1.82, 2.24) is 9.47 Å². The van der Waals surface area contributed by atoms with E-state index in [-0.39, 0.29) is 17.5 Å². The van der Waals surface area contributed by atoms with Gasteiger partial charge in [-0.15, -0.1) is 0 Å². The molecule has 0 bridgehead atoms. The van der Waals surface area contributed by atoms with Crippen LogP contribution in [0.2, 0.25) is 0 Å². The van der Waals surface area contributed by atoms with Gasteiger partial charge < -0.3 is 14.6 Å². The predicted octanol–water partition coefficient (Wildman–Crippen LogP) is 2.54.